The first-order chi connectivity index (χ1) is 32.3. The van der Waals surface area contributed by atoms with E-state index >= 15 is 0 Å². The highest BCUT2D eigenvalue weighted by atomic mass is 35.5. The second-order valence-electron chi connectivity index (χ2n) is 18.5. The van der Waals surface area contributed by atoms with E-state index in [0.717, 1.165) is 73.9 Å². The van der Waals surface area contributed by atoms with Crippen LogP contribution >= 0.6 is 11.6 Å². The highest BCUT2D eigenvalue weighted by Gasteiger charge is 2.33. The average Bonchev–Trinajstić information content (AvgIpc) is 3.80. The van der Waals surface area contributed by atoms with Crippen molar-refractivity contribution in [3.63, 3.8) is 0 Å². The van der Waals surface area contributed by atoms with Crippen LogP contribution in [-0.2, 0) is 19.5 Å². The number of nitrogens with zero attached hydrogens (tertiary/aromatic N) is 5. The number of nitro groups is 1. The van der Waals surface area contributed by atoms with Crippen molar-refractivity contribution in [2.45, 2.75) is 62.9 Å². The standard InChI is InChI=1S/C49H56ClN7O9S/c1-49(2)15-11-35(43(28-49)33-3-5-36(50)6-4-33)30-54-17-19-55(20-18-54)38-7-9-42(46(26-38)66-40-25-34-12-16-51-47(34)52-29-40)48(58)53-67(61,62)41-8-10-45(44(27-41)57(59)60)65-32-39-31-64-24-21-56(39)37-13-22-63-23-14-37/h3-10,12,16,25-27,29,37,39H,11,13-15,17-24,28,30-32H2,1-2H3,(H,51,52)(H,53,58). The van der Waals surface area contributed by atoms with Gasteiger partial charge in [-0.05, 0) is 97.2 Å². The van der Waals surface area contributed by atoms with Crippen LogP contribution < -0.4 is 19.1 Å². The molecule has 5 aromatic rings. The van der Waals surface area contributed by atoms with Crippen molar-refractivity contribution in [3.8, 4) is 17.2 Å². The lowest BCUT2D eigenvalue weighted by molar-refractivity contribution is -0.386. The zero-order chi connectivity index (χ0) is 46.7. The molecule has 3 fully saturated rings. The van der Waals surface area contributed by atoms with Crippen molar-refractivity contribution >= 4 is 55.5 Å². The van der Waals surface area contributed by atoms with E-state index in [1.54, 1.807) is 24.4 Å². The van der Waals surface area contributed by atoms with E-state index in [1.165, 1.54) is 41.1 Å². The molecule has 3 aliphatic heterocycles. The van der Waals surface area contributed by atoms with Gasteiger partial charge in [0.2, 0.25) is 0 Å². The maximum absolute atomic E-state index is 14.0. The van der Waals surface area contributed by atoms with E-state index in [9.17, 15) is 23.3 Å². The van der Waals surface area contributed by atoms with Crippen LogP contribution in [0.25, 0.3) is 16.6 Å². The minimum Gasteiger partial charge on any atom is -0.485 e. The van der Waals surface area contributed by atoms with Crippen LogP contribution in [0.4, 0.5) is 11.4 Å². The average molecular weight is 955 g/mol. The second kappa shape index (κ2) is 20.0. The molecular formula is C49H56ClN7O9S. The van der Waals surface area contributed by atoms with Gasteiger partial charge in [-0.25, -0.2) is 18.1 Å². The number of H-pyrrole nitrogens is 1. The number of sulfonamides is 1. The number of amides is 1. The molecule has 16 nitrogen and oxygen atoms in total. The number of nitrogens with one attached hydrogen (secondary N) is 2. The van der Waals surface area contributed by atoms with Crippen LogP contribution in [0.2, 0.25) is 5.02 Å². The molecular weight excluding hydrogens is 898 g/mol. The third kappa shape index (κ3) is 10.9. The van der Waals surface area contributed by atoms with Gasteiger partial charge in [-0.2, -0.15) is 0 Å². The van der Waals surface area contributed by atoms with Crippen molar-refractivity contribution in [1.29, 1.82) is 0 Å². The lowest BCUT2D eigenvalue weighted by atomic mass is 9.72. The summed E-state index contributed by atoms with van der Waals surface area (Å²) in [6.07, 6.45) is 8.20. The van der Waals surface area contributed by atoms with Gasteiger partial charge in [0.25, 0.3) is 15.9 Å². The highest BCUT2D eigenvalue weighted by molar-refractivity contribution is 7.90. The van der Waals surface area contributed by atoms with E-state index in [4.69, 9.17) is 30.5 Å². The third-order valence-electron chi connectivity index (χ3n) is 13.4. The molecule has 1 amide bonds. The van der Waals surface area contributed by atoms with Crippen LogP contribution in [0, 0.1) is 15.5 Å². The Kier molecular flexibility index (Phi) is 13.9. The summed E-state index contributed by atoms with van der Waals surface area (Å²) >= 11 is 6.25. The van der Waals surface area contributed by atoms with Crippen LogP contribution in [0.5, 0.6) is 17.2 Å². The normalized spacial score (nSPS) is 19.9. The molecule has 0 spiro atoms. The van der Waals surface area contributed by atoms with Crippen molar-refractivity contribution < 1.29 is 37.1 Å². The van der Waals surface area contributed by atoms with E-state index in [1.807, 2.05) is 18.2 Å². The molecule has 0 bridgehead atoms. The molecule has 5 heterocycles. The number of benzene rings is 3. The molecule has 354 valence electrons. The lowest BCUT2D eigenvalue weighted by Crippen LogP contribution is -2.54. The summed E-state index contributed by atoms with van der Waals surface area (Å²) in [5.74, 6) is -0.613. The Morgan fingerprint density at radius 1 is 0.970 bits per heavy atom. The number of piperazine rings is 1. The minimum atomic E-state index is -4.63. The number of morpholine rings is 1. The molecule has 67 heavy (non-hydrogen) atoms. The number of halogens is 1. The molecule has 18 heteroatoms. The van der Waals surface area contributed by atoms with Crippen molar-refractivity contribution in [1.82, 2.24) is 24.5 Å². The molecule has 1 unspecified atom stereocenters. The van der Waals surface area contributed by atoms with Crippen molar-refractivity contribution in [2.24, 2.45) is 5.41 Å². The van der Waals surface area contributed by atoms with Gasteiger partial charge in [-0.3, -0.25) is 24.7 Å². The van der Waals surface area contributed by atoms with Gasteiger partial charge in [-0.1, -0.05) is 43.2 Å². The summed E-state index contributed by atoms with van der Waals surface area (Å²) < 4.78 is 53.4. The number of anilines is 1. The lowest BCUT2D eigenvalue weighted by Gasteiger charge is -2.42. The summed E-state index contributed by atoms with van der Waals surface area (Å²) in [5.41, 5.74) is 5.16. The SMILES string of the molecule is CC1(C)CCC(CN2CCN(c3ccc(C(=O)NS(=O)(=O)c4ccc(OCC5COCCN5C5CCOCC5)c([N+](=O)[O-])c4)c(Oc4cnc5[nH]ccc5c4)c3)CC2)=C(c2ccc(Cl)cc2)C1. The topological polar surface area (TPSA) is 182 Å². The zero-order valence-corrected chi connectivity index (χ0v) is 39.3. The van der Waals surface area contributed by atoms with Crippen LogP contribution in [0.3, 0.4) is 0 Å². The number of allylic oxidation sites excluding steroid dienone is 1. The predicted octanol–water partition coefficient (Wildman–Crippen LogP) is 8.08. The van der Waals surface area contributed by atoms with Gasteiger partial charge in [-0.15, -0.1) is 0 Å². The quantitative estimate of drug-likeness (QED) is 0.0806. The Balaban J connectivity index is 0.913. The van der Waals surface area contributed by atoms with E-state index < -0.39 is 31.4 Å². The Morgan fingerprint density at radius 3 is 2.54 bits per heavy atom. The summed E-state index contributed by atoms with van der Waals surface area (Å²) in [4.78, 5) is 39.7. The van der Waals surface area contributed by atoms with E-state index in [-0.39, 0.29) is 41.2 Å². The number of pyridine rings is 1. The zero-order valence-electron chi connectivity index (χ0n) is 37.7. The Hall–Kier alpha value is -5.56. The molecule has 3 aromatic carbocycles. The fourth-order valence-electron chi connectivity index (χ4n) is 9.64. The number of aromatic nitrogens is 2. The van der Waals surface area contributed by atoms with Crippen LogP contribution in [0.15, 0.2) is 95.7 Å². The molecule has 9 rings (SSSR count). The van der Waals surface area contributed by atoms with Gasteiger partial charge >= 0.3 is 5.69 Å². The second-order valence-corrected chi connectivity index (χ2v) is 20.6. The highest BCUT2D eigenvalue weighted by Crippen LogP contribution is 2.43. The predicted molar refractivity (Wildman–Crippen MR) is 256 cm³/mol. The maximum atomic E-state index is 14.0. The van der Waals surface area contributed by atoms with Gasteiger partial charge < -0.3 is 28.8 Å². The molecule has 1 aliphatic carbocycles. The van der Waals surface area contributed by atoms with Gasteiger partial charge in [0.1, 0.15) is 23.8 Å². The van der Waals surface area contributed by atoms with E-state index in [2.05, 4.69) is 55.4 Å². The number of fused-ring (bicyclic) bond motifs is 1. The number of hydrogen-bond donors (Lipinski definition) is 2. The number of rotatable bonds is 14. The molecule has 2 N–H and O–H groups in total. The Labute approximate surface area is 395 Å². The van der Waals surface area contributed by atoms with Gasteiger partial charge in [0.15, 0.2) is 5.75 Å². The number of carbonyl (C=O) groups is 1. The molecule has 0 radical (unpaired) electrons. The maximum Gasteiger partial charge on any atom is 0.312 e. The summed E-state index contributed by atoms with van der Waals surface area (Å²) in [7, 11) is -4.63. The fraction of sp³-hybridized carbons (Fsp3) is 0.429. The number of ether oxygens (including phenoxy) is 4. The fourth-order valence-corrected chi connectivity index (χ4v) is 10.8. The number of carbonyl (C=O) groups excluding carboxylic acids is 1. The summed E-state index contributed by atoms with van der Waals surface area (Å²) in [6, 6.07) is 20.3. The largest absolute Gasteiger partial charge is 0.485 e. The van der Waals surface area contributed by atoms with Crippen molar-refractivity contribution in [2.75, 3.05) is 77.2 Å². The molecule has 2 aromatic heterocycles. The minimum absolute atomic E-state index is 0.0553. The van der Waals surface area contributed by atoms with Gasteiger partial charge in [0.05, 0.1) is 40.8 Å². The first-order valence-electron chi connectivity index (χ1n) is 22.9. The monoisotopic (exact) mass is 953 g/mol. The molecule has 1 atom stereocenters. The molecule has 0 saturated carbocycles. The van der Waals surface area contributed by atoms with Crippen LogP contribution in [0.1, 0.15) is 61.9 Å². The molecule has 4 aliphatic rings. The molecule has 3 saturated heterocycles. The summed E-state index contributed by atoms with van der Waals surface area (Å²) in [5, 5.41) is 13.8. The van der Waals surface area contributed by atoms with Crippen molar-refractivity contribution in [3.05, 3.63) is 117 Å². The van der Waals surface area contributed by atoms with Gasteiger partial charge in [0, 0.05) is 92.9 Å². The Morgan fingerprint density at radius 2 is 1.76 bits per heavy atom. The smallest absolute Gasteiger partial charge is 0.312 e. The third-order valence-corrected chi connectivity index (χ3v) is 15.0. The number of nitro benzene ring substituents is 1. The first-order valence-corrected chi connectivity index (χ1v) is 24.7. The summed E-state index contributed by atoms with van der Waals surface area (Å²) in [6.45, 7) is 11.7. The van der Waals surface area contributed by atoms with Crippen LogP contribution in [-0.4, -0.2) is 123 Å². The number of aromatic amines is 1. The Bertz CT molecular complexity index is 2750. The first kappa shape index (κ1) is 46.5. The van der Waals surface area contributed by atoms with E-state index in [0.29, 0.717) is 57.5 Å². The number of hydrogen-bond acceptors (Lipinski definition) is 13.